The number of carbonyl (C=O) groups is 2. The van der Waals surface area contributed by atoms with Crippen LogP contribution in [0.4, 0.5) is 4.79 Å². The number of aromatic nitrogens is 1. The molecule has 8 heteroatoms. The summed E-state index contributed by atoms with van der Waals surface area (Å²) in [6, 6.07) is 9.91. The van der Waals surface area contributed by atoms with Gasteiger partial charge in [0.1, 0.15) is 5.58 Å². The number of β-amino-alcohol motifs (C(OH)–C–C–N with tert-alkyl or cyclic N) is 1. The van der Waals surface area contributed by atoms with Crippen LogP contribution in [0.3, 0.4) is 0 Å². The lowest BCUT2D eigenvalue weighted by Gasteiger charge is -2.15. The van der Waals surface area contributed by atoms with Gasteiger partial charge in [-0.2, -0.15) is 0 Å². The largest absolute Gasteiger partial charge is 0.465 e. The molecular weight excluding hydrogens is 350 g/mol. The van der Waals surface area contributed by atoms with Crippen LogP contribution in [0.25, 0.3) is 22.2 Å². The molecule has 0 saturated carbocycles. The Hall–Kier alpha value is -3.39. The van der Waals surface area contributed by atoms with Gasteiger partial charge in [-0.3, -0.25) is 9.78 Å². The lowest BCUT2D eigenvalue weighted by Crippen LogP contribution is -2.43. The van der Waals surface area contributed by atoms with E-state index >= 15 is 0 Å². The van der Waals surface area contributed by atoms with E-state index in [2.05, 4.69) is 10.3 Å². The number of carbonyl (C=O) groups excluding carboxylic acids is 1. The smallest absolute Gasteiger partial charge is 0.407 e. The number of carboxylic acid groups (broad SMARTS) is 1. The average Bonchev–Trinajstić information content (AvgIpc) is 3.28. The summed E-state index contributed by atoms with van der Waals surface area (Å²) in [5, 5.41) is 22.5. The molecule has 0 radical (unpaired) electrons. The molecule has 1 saturated heterocycles. The van der Waals surface area contributed by atoms with Crippen LogP contribution in [0, 0.1) is 0 Å². The average molecular weight is 367 g/mol. The molecule has 2 atom stereocenters. The topological polar surface area (TPSA) is 116 Å². The number of hydrogen-bond acceptors (Lipinski definition) is 5. The van der Waals surface area contributed by atoms with Crippen LogP contribution in [0.1, 0.15) is 10.4 Å². The lowest BCUT2D eigenvalue weighted by molar-refractivity contribution is 0.0888. The van der Waals surface area contributed by atoms with Crippen LogP contribution in [-0.2, 0) is 0 Å². The van der Waals surface area contributed by atoms with Crippen LogP contribution in [0.2, 0.25) is 0 Å². The number of fused-ring (bicyclic) bond motifs is 1. The van der Waals surface area contributed by atoms with Crippen LogP contribution >= 0.6 is 0 Å². The van der Waals surface area contributed by atoms with Crippen molar-refractivity contribution in [2.75, 3.05) is 13.1 Å². The van der Waals surface area contributed by atoms with Crippen molar-refractivity contribution in [2.24, 2.45) is 0 Å². The number of rotatable bonds is 3. The summed E-state index contributed by atoms with van der Waals surface area (Å²) < 4.78 is 5.38. The standard InChI is InChI=1S/C19H17N3O5/c23-15-10-22(19(25)26)9-14(15)21-18(24)12-3-1-11(2-4-12)17-13-6-8-27-16(13)5-7-20-17/h1-8,14-15,23H,9-10H2,(H,21,24)(H,25,26)/t14-,15+/m1/s1. The zero-order chi connectivity index (χ0) is 19.0. The Bertz CT molecular complexity index is 998. The van der Waals surface area contributed by atoms with Gasteiger partial charge in [0.15, 0.2) is 0 Å². The first-order valence-corrected chi connectivity index (χ1v) is 8.42. The highest BCUT2D eigenvalue weighted by molar-refractivity contribution is 5.96. The molecule has 2 aromatic heterocycles. The highest BCUT2D eigenvalue weighted by atomic mass is 16.4. The number of hydrogen-bond donors (Lipinski definition) is 3. The van der Waals surface area contributed by atoms with Gasteiger partial charge in [-0.1, -0.05) is 12.1 Å². The SMILES string of the molecule is O=C(N[C@@H]1CN(C(=O)O)C[C@@H]1O)c1ccc(-c2nccc3occc23)cc1. The zero-order valence-electron chi connectivity index (χ0n) is 14.2. The van der Waals surface area contributed by atoms with E-state index < -0.39 is 18.2 Å². The normalized spacial score (nSPS) is 19.4. The molecule has 0 spiro atoms. The van der Waals surface area contributed by atoms with E-state index in [4.69, 9.17) is 9.52 Å². The van der Waals surface area contributed by atoms with Crippen LogP contribution < -0.4 is 5.32 Å². The number of furan rings is 1. The fourth-order valence-corrected chi connectivity index (χ4v) is 3.24. The van der Waals surface area contributed by atoms with Crippen LogP contribution in [-0.4, -0.2) is 57.3 Å². The molecule has 2 amide bonds. The first kappa shape index (κ1) is 17.0. The number of likely N-dealkylation sites (tertiary alicyclic amines) is 1. The summed E-state index contributed by atoms with van der Waals surface area (Å²) in [5.74, 6) is -0.368. The fraction of sp³-hybridized carbons (Fsp3) is 0.211. The number of amides is 2. The molecule has 8 nitrogen and oxygen atoms in total. The summed E-state index contributed by atoms with van der Waals surface area (Å²) in [5.41, 5.74) is 2.76. The molecule has 0 bridgehead atoms. The number of aliphatic hydroxyl groups is 1. The van der Waals surface area contributed by atoms with Crippen molar-refractivity contribution in [3.63, 3.8) is 0 Å². The molecule has 4 rings (SSSR count). The van der Waals surface area contributed by atoms with Gasteiger partial charge in [-0.05, 0) is 24.3 Å². The zero-order valence-corrected chi connectivity index (χ0v) is 14.2. The Balaban J connectivity index is 1.50. The second kappa shape index (κ2) is 6.73. The molecule has 0 unspecified atom stereocenters. The number of pyridine rings is 1. The van der Waals surface area contributed by atoms with Gasteiger partial charge >= 0.3 is 6.09 Å². The van der Waals surface area contributed by atoms with Crippen molar-refractivity contribution in [2.45, 2.75) is 12.1 Å². The predicted molar refractivity (Wildman–Crippen MR) is 96.3 cm³/mol. The molecule has 27 heavy (non-hydrogen) atoms. The molecule has 0 aliphatic carbocycles. The Kier molecular flexibility index (Phi) is 4.25. The van der Waals surface area contributed by atoms with E-state index in [-0.39, 0.29) is 19.0 Å². The summed E-state index contributed by atoms with van der Waals surface area (Å²) >= 11 is 0. The molecule has 138 valence electrons. The van der Waals surface area contributed by atoms with E-state index in [0.29, 0.717) is 5.56 Å². The van der Waals surface area contributed by atoms with Gasteiger partial charge in [0.2, 0.25) is 0 Å². The van der Waals surface area contributed by atoms with E-state index in [1.54, 1.807) is 42.8 Å². The minimum Gasteiger partial charge on any atom is -0.465 e. The van der Waals surface area contributed by atoms with E-state index in [1.165, 1.54) is 0 Å². The summed E-state index contributed by atoms with van der Waals surface area (Å²) in [6.45, 7) is 0.0479. The van der Waals surface area contributed by atoms with Gasteiger partial charge in [0.25, 0.3) is 5.91 Å². The Morgan fingerprint density at radius 1 is 1.15 bits per heavy atom. The highest BCUT2D eigenvalue weighted by Crippen LogP contribution is 2.27. The van der Waals surface area contributed by atoms with Crippen molar-refractivity contribution in [3.8, 4) is 11.3 Å². The second-order valence-electron chi connectivity index (χ2n) is 6.40. The minimum atomic E-state index is -1.11. The third-order valence-corrected chi connectivity index (χ3v) is 4.68. The van der Waals surface area contributed by atoms with Gasteiger partial charge in [0, 0.05) is 29.3 Å². The number of benzene rings is 1. The first-order valence-electron chi connectivity index (χ1n) is 8.42. The second-order valence-corrected chi connectivity index (χ2v) is 6.40. The molecule has 3 heterocycles. The maximum atomic E-state index is 12.4. The lowest BCUT2D eigenvalue weighted by atomic mass is 10.1. The first-order chi connectivity index (χ1) is 13.0. The van der Waals surface area contributed by atoms with Crippen molar-refractivity contribution in [3.05, 3.63) is 54.4 Å². The van der Waals surface area contributed by atoms with Gasteiger partial charge in [-0.25, -0.2) is 4.79 Å². The van der Waals surface area contributed by atoms with E-state index in [1.807, 2.05) is 6.07 Å². The molecule has 3 N–H and O–H groups in total. The van der Waals surface area contributed by atoms with Crippen molar-refractivity contribution >= 4 is 23.0 Å². The molecule has 1 aromatic carbocycles. The predicted octanol–water partition coefficient (Wildman–Crippen LogP) is 1.95. The maximum Gasteiger partial charge on any atom is 0.407 e. The molecule has 1 aliphatic heterocycles. The number of nitrogens with one attached hydrogen (secondary N) is 1. The fourth-order valence-electron chi connectivity index (χ4n) is 3.24. The van der Waals surface area contributed by atoms with E-state index in [0.717, 1.165) is 27.1 Å². The monoisotopic (exact) mass is 367 g/mol. The van der Waals surface area contributed by atoms with Crippen LogP contribution in [0.15, 0.2) is 53.3 Å². The third kappa shape index (κ3) is 3.22. The highest BCUT2D eigenvalue weighted by Gasteiger charge is 2.35. The maximum absolute atomic E-state index is 12.4. The number of nitrogens with zero attached hydrogens (tertiary/aromatic N) is 2. The van der Waals surface area contributed by atoms with Crippen molar-refractivity contribution in [1.82, 2.24) is 15.2 Å². The molecular formula is C19H17N3O5. The Morgan fingerprint density at radius 3 is 2.63 bits per heavy atom. The summed E-state index contributed by atoms with van der Waals surface area (Å²) in [4.78, 5) is 28.9. The van der Waals surface area contributed by atoms with Gasteiger partial charge in [0.05, 0.1) is 30.6 Å². The van der Waals surface area contributed by atoms with Gasteiger partial charge in [-0.15, -0.1) is 0 Å². The summed E-state index contributed by atoms with van der Waals surface area (Å²) in [6.07, 6.45) is 1.23. The molecule has 1 fully saturated rings. The molecule has 3 aromatic rings. The molecule has 1 aliphatic rings. The Labute approximate surface area is 154 Å². The van der Waals surface area contributed by atoms with Crippen molar-refractivity contribution < 1.29 is 24.2 Å². The van der Waals surface area contributed by atoms with Crippen molar-refractivity contribution in [1.29, 1.82) is 0 Å². The number of aliphatic hydroxyl groups excluding tert-OH is 1. The summed E-state index contributed by atoms with van der Waals surface area (Å²) in [7, 11) is 0. The third-order valence-electron chi connectivity index (χ3n) is 4.68. The minimum absolute atomic E-state index is 0.0143. The quantitative estimate of drug-likeness (QED) is 0.652. The Morgan fingerprint density at radius 2 is 1.93 bits per heavy atom. The van der Waals surface area contributed by atoms with E-state index in [9.17, 15) is 14.7 Å². The van der Waals surface area contributed by atoms with Gasteiger partial charge < -0.3 is 24.8 Å². The van der Waals surface area contributed by atoms with Crippen LogP contribution in [0.5, 0.6) is 0 Å².